The van der Waals surface area contributed by atoms with Crippen LogP contribution in [-0.2, 0) is 11.3 Å². The predicted octanol–water partition coefficient (Wildman–Crippen LogP) is 4.43. The van der Waals surface area contributed by atoms with Crippen LogP contribution < -0.4 is 16.8 Å². The third-order valence-corrected chi connectivity index (χ3v) is 6.04. The topological polar surface area (TPSA) is 147 Å². The van der Waals surface area contributed by atoms with Crippen molar-refractivity contribution < 1.29 is 19.2 Å². The fraction of sp³-hybridized carbons (Fsp3) is 0.258. The molecule has 3 aromatic rings. The first-order chi connectivity index (χ1) is 18.8. The highest BCUT2D eigenvalue weighted by molar-refractivity contribution is 5.99. The van der Waals surface area contributed by atoms with Gasteiger partial charge >= 0.3 is 0 Å². The highest BCUT2D eigenvalue weighted by Gasteiger charge is 2.18. The summed E-state index contributed by atoms with van der Waals surface area (Å²) in [5.74, 6) is -0.924. The molecular formula is C31H41N6O3+. The van der Waals surface area contributed by atoms with E-state index < -0.39 is 5.97 Å². The number of benzene rings is 2. The fourth-order valence-electron chi connectivity index (χ4n) is 4.19. The quantitative estimate of drug-likeness (QED) is 0.135. The minimum absolute atomic E-state index is 0.0909. The fourth-order valence-corrected chi connectivity index (χ4v) is 4.19. The van der Waals surface area contributed by atoms with Gasteiger partial charge in [-0.25, -0.2) is 0 Å². The number of carbonyl (C=O) groups excluding carboxylic acids is 1. The van der Waals surface area contributed by atoms with Crippen LogP contribution in [-0.4, -0.2) is 60.1 Å². The average molecular weight is 546 g/mol. The number of carboxylic acids is 1. The van der Waals surface area contributed by atoms with Gasteiger partial charge in [0.2, 0.25) is 0 Å². The molecule has 0 bridgehead atoms. The Bertz CT molecular complexity index is 1440. The van der Waals surface area contributed by atoms with Crippen molar-refractivity contribution in [1.82, 2.24) is 9.88 Å². The summed E-state index contributed by atoms with van der Waals surface area (Å²) in [4.78, 5) is 22.3. The Kier molecular flexibility index (Phi) is 11.5. The van der Waals surface area contributed by atoms with Crippen LogP contribution in [0.2, 0.25) is 0 Å². The second kappa shape index (κ2) is 14.5. The molecule has 1 amide bonds. The summed E-state index contributed by atoms with van der Waals surface area (Å²) in [6.45, 7) is 4.26. The summed E-state index contributed by atoms with van der Waals surface area (Å²) >= 11 is 0. The summed E-state index contributed by atoms with van der Waals surface area (Å²) < 4.78 is 2.87. The number of aryl methyl sites for hydroxylation is 1. The van der Waals surface area contributed by atoms with Gasteiger partial charge in [0.15, 0.2) is 0 Å². The smallest absolute Gasteiger partial charge is 0.300 e. The minimum atomic E-state index is -0.833. The average Bonchev–Trinajstić information content (AvgIpc) is 3.03. The summed E-state index contributed by atoms with van der Waals surface area (Å²) in [5.41, 5.74) is 17.5. The number of amides is 1. The normalized spacial score (nSPS) is 12.5. The molecule has 0 fully saturated rings. The van der Waals surface area contributed by atoms with E-state index >= 15 is 0 Å². The Morgan fingerprint density at radius 3 is 2.42 bits per heavy atom. The van der Waals surface area contributed by atoms with Crippen molar-refractivity contribution in [3.63, 3.8) is 0 Å². The van der Waals surface area contributed by atoms with Crippen molar-refractivity contribution in [2.24, 2.45) is 5.73 Å². The third-order valence-electron chi connectivity index (χ3n) is 6.04. The zero-order chi connectivity index (χ0) is 29.9. The lowest BCUT2D eigenvalue weighted by Gasteiger charge is -2.25. The molecule has 0 unspecified atom stereocenters. The molecule has 9 nitrogen and oxygen atoms in total. The first-order valence-electron chi connectivity index (χ1n) is 12.9. The summed E-state index contributed by atoms with van der Waals surface area (Å²) in [7, 11) is 6.50. The van der Waals surface area contributed by atoms with Gasteiger partial charge in [-0.3, -0.25) is 15.0 Å². The maximum atomic E-state index is 13.3. The molecule has 1 heterocycles. The molecule has 0 radical (unpaired) electrons. The number of aromatic nitrogens is 1. The number of anilines is 1. The number of quaternary nitrogens is 1. The number of nitrogen functional groups attached to an aromatic ring is 1. The number of nitrogens with one attached hydrogen (secondary N) is 2. The Hall–Kier alpha value is -4.63. The van der Waals surface area contributed by atoms with E-state index in [1.807, 2.05) is 24.3 Å². The van der Waals surface area contributed by atoms with E-state index in [-0.39, 0.29) is 5.91 Å². The minimum Gasteiger partial charge on any atom is -0.481 e. The molecule has 1 aliphatic rings. The van der Waals surface area contributed by atoms with Gasteiger partial charge < -0.3 is 30.9 Å². The number of rotatable bonds is 6. The van der Waals surface area contributed by atoms with Crippen molar-refractivity contribution in [3.05, 3.63) is 101 Å². The molecule has 7 N–H and O–H groups in total. The standard InChI is InChI=1S/C28H32N4O.C2H4O2.CH4N2/c1-20-7-5-9-22(15-20)19-31-26-14-12-24(29)16-23(26)17-27(31)28(33)30-18-21-8-6-10-25(13-11-21)32(2,3)4;1-2(3)4;2-1-3/h5-9,11-17H,10,18-19,29H2,1-4H3;1H3,(H,3,4);1H,(H3,2,3)/p+1. The van der Waals surface area contributed by atoms with Gasteiger partial charge in [-0.05, 0) is 48.4 Å². The number of nitrogens with two attached hydrogens (primary N) is 2. The van der Waals surface area contributed by atoms with E-state index in [1.54, 1.807) is 0 Å². The summed E-state index contributed by atoms with van der Waals surface area (Å²) in [6.07, 6.45) is 10.2. The molecule has 40 heavy (non-hydrogen) atoms. The van der Waals surface area contributed by atoms with E-state index in [0.29, 0.717) is 24.5 Å². The van der Waals surface area contributed by atoms with Crippen LogP contribution in [0.4, 0.5) is 5.69 Å². The number of hydrogen-bond acceptors (Lipinski definition) is 4. The number of carboxylic acid groups (broad SMARTS) is 1. The van der Waals surface area contributed by atoms with Crippen molar-refractivity contribution in [3.8, 4) is 0 Å². The van der Waals surface area contributed by atoms with Gasteiger partial charge in [-0.2, -0.15) is 0 Å². The largest absolute Gasteiger partial charge is 0.481 e. The molecule has 1 aromatic heterocycles. The van der Waals surface area contributed by atoms with Gasteiger partial charge in [-0.1, -0.05) is 48.1 Å². The van der Waals surface area contributed by atoms with Gasteiger partial charge in [0.05, 0.1) is 27.5 Å². The Morgan fingerprint density at radius 1 is 1.12 bits per heavy atom. The van der Waals surface area contributed by atoms with Gasteiger partial charge in [-0.15, -0.1) is 0 Å². The number of aliphatic carboxylic acids is 1. The lowest BCUT2D eigenvalue weighted by Crippen LogP contribution is -2.32. The first-order valence-corrected chi connectivity index (χ1v) is 12.9. The molecule has 2 aromatic carbocycles. The van der Waals surface area contributed by atoms with E-state index in [2.05, 4.69) is 92.3 Å². The van der Waals surface area contributed by atoms with Crippen LogP contribution in [0, 0.1) is 12.3 Å². The zero-order valence-electron chi connectivity index (χ0n) is 23.9. The summed E-state index contributed by atoms with van der Waals surface area (Å²) in [6, 6.07) is 16.1. The van der Waals surface area contributed by atoms with Crippen LogP contribution in [0.25, 0.3) is 10.9 Å². The lowest BCUT2D eigenvalue weighted by atomic mass is 10.1. The van der Waals surface area contributed by atoms with E-state index in [1.165, 1.54) is 11.3 Å². The van der Waals surface area contributed by atoms with Crippen LogP contribution in [0.15, 0.2) is 84.1 Å². The van der Waals surface area contributed by atoms with Gasteiger partial charge in [0.25, 0.3) is 11.9 Å². The van der Waals surface area contributed by atoms with Gasteiger partial charge in [0.1, 0.15) is 11.4 Å². The molecule has 0 atom stereocenters. The van der Waals surface area contributed by atoms with Crippen molar-refractivity contribution >= 4 is 34.8 Å². The highest BCUT2D eigenvalue weighted by atomic mass is 16.4. The van der Waals surface area contributed by atoms with Crippen LogP contribution >= 0.6 is 0 Å². The molecule has 1 aliphatic carbocycles. The van der Waals surface area contributed by atoms with Crippen molar-refractivity contribution in [2.75, 3.05) is 33.4 Å². The molecular weight excluding hydrogens is 504 g/mol. The second-order valence-corrected chi connectivity index (χ2v) is 10.3. The maximum Gasteiger partial charge on any atom is 0.300 e. The number of hydrogen-bond donors (Lipinski definition) is 5. The highest BCUT2D eigenvalue weighted by Crippen LogP contribution is 2.24. The Morgan fingerprint density at radius 2 is 1.80 bits per heavy atom. The number of allylic oxidation sites excluding steroid dienone is 3. The predicted molar refractivity (Wildman–Crippen MR) is 163 cm³/mol. The van der Waals surface area contributed by atoms with E-state index in [4.69, 9.17) is 21.0 Å². The third kappa shape index (κ3) is 9.59. The first kappa shape index (κ1) is 31.6. The monoisotopic (exact) mass is 545 g/mol. The Balaban J connectivity index is 0.000000722. The maximum absolute atomic E-state index is 13.3. The molecule has 0 aliphatic heterocycles. The number of fused-ring (bicyclic) bond motifs is 1. The molecule has 9 heteroatoms. The van der Waals surface area contributed by atoms with Crippen molar-refractivity contribution in [1.29, 1.82) is 5.41 Å². The molecule has 0 spiro atoms. The van der Waals surface area contributed by atoms with Gasteiger partial charge in [0, 0.05) is 43.0 Å². The van der Waals surface area contributed by atoms with Crippen molar-refractivity contribution in [2.45, 2.75) is 26.8 Å². The molecule has 0 saturated carbocycles. The molecule has 0 saturated heterocycles. The second-order valence-electron chi connectivity index (χ2n) is 10.3. The van der Waals surface area contributed by atoms with Crippen LogP contribution in [0.5, 0.6) is 0 Å². The number of carbonyl (C=O) groups is 2. The van der Waals surface area contributed by atoms with E-state index in [0.717, 1.165) is 46.2 Å². The Labute approximate surface area is 236 Å². The SMILES string of the molecule is CC(=O)O.Cc1cccc(Cn2c(C(=O)NCC3=CC=C([N+](C)(C)C)CC=C3)cc3cc(N)ccc32)c1.N=CN. The molecule has 4 rings (SSSR count). The zero-order valence-corrected chi connectivity index (χ0v) is 23.9. The van der Waals surface area contributed by atoms with Crippen LogP contribution in [0.3, 0.4) is 0 Å². The van der Waals surface area contributed by atoms with Crippen LogP contribution in [0.1, 0.15) is 35.0 Å². The lowest BCUT2D eigenvalue weighted by molar-refractivity contribution is -0.832. The molecule has 212 valence electrons. The number of nitrogens with zero attached hydrogens (tertiary/aromatic N) is 2. The summed E-state index contributed by atoms with van der Waals surface area (Å²) in [5, 5.41) is 17.4. The van der Waals surface area contributed by atoms with E-state index in [9.17, 15) is 4.79 Å².